The van der Waals surface area contributed by atoms with Gasteiger partial charge >= 0.3 is 0 Å². The molecule has 0 amide bonds. The summed E-state index contributed by atoms with van der Waals surface area (Å²) in [6.07, 6.45) is 9.55. The van der Waals surface area contributed by atoms with E-state index in [-0.39, 0.29) is 0 Å². The highest BCUT2D eigenvalue weighted by atomic mass is 14.0. The first kappa shape index (κ1) is 14.7. The fraction of sp³-hybridized carbons (Fsp3) is 0.375. The van der Waals surface area contributed by atoms with Gasteiger partial charge in [-0.2, -0.15) is 0 Å². The third-order valence-electron chi connectivity index (χ3n) is 2.25. The van der Waals surface area contributed by atoms with Crippen molar-refractivity contribution in [2.24, 2.45) is 0 Å². The van der Waals surface area contributed by atoms with E-state index in [0.717, 1.165) is 6.42 Å². The Morgan fingerprint density at radius 2 is 1.62 bits per heavy atom. The molecule has 0 bridgehead atoms. The normalized spacial score (nSPS) is 10.6. The quantitative estimate of drug-likeness (QED) is 0.639. The van der Waals surface area contributed by atoms with Crippen LogP contribution >= 0.6 is 0 Å². The lowest BCUT2D eigenvalue weighted by molar-refractivity contribution is 1.13. The second kappa shape index (κ2) is 8.96. The van der Waals surface area contributed by atoms with Crippen LogP contribution in [0, 0.1) is 0 Å². The fourth-order valence-electron chi connectivity index (χ4n) is 1.57. The van der Waals surface area contributed by atoms with Crippen LogP contribution in [0.3, 0.4) is 0 Å². The first-order chi connectivity index (χ1) is 7.81. The maximum Gasteiger partial charge on any atom is -0.0227 e. The van der Waals surface area contributed by atoms with E-state index in [1.54, 1.807) is 0 Å². The molecule has 0 saturated heterocycles. The van der Waals surface area contributed by atoms with Crippen molar-refractivity contribution in [3.05, 3.63) is 47.0 Å². The van der Waals surface area contributed by atoms with Crippen LogP contribution < -0.4 is 0 Å². The Morgan fingerprint density at radius 3 is 2.12 bits per heavy atom. The van der Waals surface area contributed by atoms with Crippen LogP contribution in [-0.4, -0.2) is 0 Å². The zero-order chi connectivity index (χ0) is 12.4. The predicted molar refractivity (Wildman–Crippen MR) is 76.6 cm³/mol. The summed E-state index contributed by atoms with van der Waals surface area (Å²) in [6.45, 7) is 10.3. The van der Waals surface area contributed by atoms with Crippen LogP contribution in [0.25, 0.3) is 12.2 Å². The van der Waals surface area contributed by atoms with E-state index in [2.05, 4.69) is 56.4 Å². The smallest absolute Gasteiger partial charge is 0.0227 e. The molecule has 0 aliphatic heterocycles. The van der Waals surface area contributed by atoms with Crippen LogP contribution in [0.1, 0.15) is 51.3 Å². The van der Waals surface area contributed by atoms with Gasteiger partial charge in [0.05, 0.1) is 0 Å². The highest BCUT2D eigenvalue weighted by molar-refractivity contribution is 5.59. The molecule has 0 atom stereocenters. The molecule has 1 aromatic rings. The molecule has 0 spiro atoms. The lowest BCUT2D eigenvalue weighted by Gasteiger charge is -2.04. The van der Waals surface area contributed by atoms with Crippen molar-refractivity contribution in [1.82, 2.24) is 0 Å². The Hall–Kier alpha value is -1.30. The molecule has 16 heavy (non-hydrogen) atoms. The van der Waals surface area contributed by atoms with Gasteiger partial charge in [0, 0.05) is 0 Å². The van der Waals surface area contributed by atoms with Gasteiger partial charge in [0.15, 0.2) is 0 Å². The van der Waals surface area contributed by atoms with Crippen molar-refractivity contribution in [1.29, 1.82) is 0 Å². The van der Waals surface area contributed by atoms with E-state index in [9.17, 15) is 0 Å². The maximum atomic E-state index is 2.26. The molecule has 0 heterocycles. The lowest BCUT2D eigenvalue weighted by Crippen LogP contribution is -1.87. The molecule has 0 nitrogen and oxygen atoms in total. The lowest BCUT2D eigenvalue weighted by atomic mass is 10.0. The third-order valence-corrected chi connectivity index (χ3v) is 2.25. The molecule has 0 N–H and O–H groups in total. The van der Waals surface area contributed by atoms with Gasteiger partial charge in [-0.15, -0.1) is 0 Å². The first-order valence-corrected chi connectivity index (χ1v) is 6.20. The number of hydrogen-bond donors (Lipinski definition) is 0. The minimum atomic E-state index is 1.09. The van der Waals surface area contributed by atoms with Crippen molar-refractivity contribution < 1.29 is 0 Å². The second-order valence-electron chi connectivity index (χ2n) is 3.31. The van der Waals surface area contributed by atoms with Gasteiger partial charge in [-0.25, -0.2) is 0 Å². The third kappa shape index (κ3) is 4.48. The standard InChI is InChI=1S/C14H18.C2H6/c1-4-7-12-9-10-14(8-5-2)13(6-3)11-12;1-2/h4-5,7-11H,6H2,1-3H3;1-2H3/b7-4+,8-5-;. The second-order valence-corrected chi connectivity index (χ2v) is 3.31. The minimum absolute atomic E-state index is 1.09. The summed E-state index contributed by atoms with van der Waals surface area (Å²) in [6, 6.07) is 6.61. The van der Waals surface area contributed by atoms with Crippen LogP contribution in [-0.2, 0) is 6.42 Å². The molecule has 0 fully saturated rings. The Labute approximate surface area is 101 Å². The highest BCUT2D eigenvalue weighted by Crippen LogP contribution is 2.15. The molecule has 0 unspecified atom stereocenters. The summed E-state index contributed by atoms with van der Waals surface area (Å²) in [4.78, 5) is 0. The monoisotopic (exact) mass is 216 g/mol. The molecule has 0 heteroatoms. The number of rotatable bonds is 3. The fourth-order valence-corrected chi connectivity index (χ4v) is 1.57. The van der Waals surface area contributed by atoms with Gasteiger partial charge in [-0.3, -0.25) is 0 Å². The number of hydrogen-bond acceptors (Lipinski definition) is 0. The van der Waals surface area contributed by atoms with E-state index < -0.39 is 0 Å². The molecule has 0 aliphatic rings. The summed E-state index contributed by atoms with van der Waals surface area (Å²) in [5.74, 6) is 0. The molecule has 88 valence electrons. The minimum Gasteiger partial charge on any atom is -0.0871 e. The molecular formula is C16H24. The van der Waals surface area contributed by atoms with Crippen molar-refractivity contribution in [2.75, 3.05) is 0 Å². The zero-order valence-electron chi connectivity index (χ0n) is 11.2. The van der Waals surface area contributed by atoms with Crippen LogP contribution in [0.2, 0.25) is 0 Å². The largest absolute Gasteiger partial charge is 0.0871 e. The zero-order valence-corrected chi connectivity index (χ0v) is 11.2. The van der Waals surface area contributed by atoms with Crippen LogP contribution in [0.4, 0.5) is 0 Å². The van der Waals surface area contributed by atoms with Crippen molar-refractivity contribution >= 4 is 12.2 Å². The van der Waals surface area contributed by atoms with Gasteiger partial charge < -0.3 is 0 Å². The average Bonchev–Trinajstić information content (AvgIpc) is 2.34. The van der Waals surface area contributed by atoms with Gasteiger partial charge in [0.2, 0.25) is 0 Å². The summed E-state index contributed by atoms with van der Waals surface area (Å²) in [7, 11) is 0. The molecule has 0 radical (unpaired) electrons. The Morgan fingerprint density at radius 1 is 1.00 bits per heavy atom. The Balaban J connectivity index is 0.00000106. The highest BCUT2D eigenvalue weighted by Gasteiger charge is 1.97. The van der Waals surface area contributed by atoms with E-state index in [4.69, 9.17) is 0 Å². The van der Waals surface area contributed by atoms with E-state index in [0.29, 0.717) is 0 Å². The van der Waals surface area contributed by atoms with Crippen molar-refractivity contribution in [3.8, 4) is 0 Å². The van der Waals surface area contributed by atoms with Crippen molar-refractivity contribution in [2.45, 2.75) is 41.0 Å². The number of allylic oxidation sites excluding steroid dienone is 2. The van der Waals surface area contributed by atoms with Gasteiger partial charge in [-0.05, 0) is 37.0 Å². The van der Waals surface area contributed by atoms with Crippen LogP contribution in [0.15, 0.2) is 30.4 Å². The molecule has 1 aromatic carbocycles. The van der Waals surface area contributed by atoms with Crippen LogP contribution in [0.5, 0.6) is 0 Å². The molecule has 1 rings (SSSR count). The first-order valence-electron chi connectivity index (χ1n) is 6.20. The summed E-state index contributed by atoms with van der Waals surface area (Å²) >= 11 is 0. The molecule has 0 aromatic heterocycles. The summed E-state index contributed by atoms with van der Waals surface area (Å²) in [5, 5.41) is 0. The van der Waals surface area contributed by atoms with E-state index >= 15 is 0 Å². The number of benzene rings is 1. The van der Waals surface area contributed by atoms with Gasteiger partial charge in [0.1, 0.15) is 0 Å². The molecule has 0 saturated carbocycles. The SMILES string of the molecule is C/C=C\c1ccc(/C=C/C)cc1CC.CC. The number of aryl methyl sites for hydroxylation is 1. The summed E-state index contributed by atoms with van der Waals surface area (Å²) in [5.41, 5.74) is 4.04. The van der Waals surface area contributed by atoms with E-state index in [1.165, 1.54) is 16.7 Å². The van der Waals surface area contributed by atoms with E-state index in [1.807, 2.05) is 20.8 Å². The summed E-state index contributed by atoms with van der Waals surface area (Å²) < 4.78 is 0. The molecular weight excluding hydrogens is 192 g/mol. The average molecular weight is 216 g/mol. The maximum absolute atomic E-state index is 2.26. The van der Waals surface area contributed by atoms with Crippen molar-refractivity contribution in [3.63, 3.8) is 0 Å². The molecule has 0 aliphatic carbocycles. The van der Waals surface area contributed by atoms with Gasteiger partial charge in [0.25, 0.3) is 0 Å². The topological polar surface area (TPSA) is 0 Å². The Kier molecular flexibility index (Phi) is 8.24. The van der Waals surface area contributed by atoms with Gasteiger partial charge in [-0.1, -0.05) is 63.3 Å². The predicted octanol–water partition coefficient (Wildman–Crippen LogP) is 5.34. The Bertz CT molecular complexity index is 343.